The number of fused-ring (bicyclic) bond motifs is 1. The summed E-state index contributed by atoms with van der Waals surface area (Å²) < 4.78 is 7.42. The normalized spacial score (nSPS) is 10.8. The van der Waals surface area contributed by atoms with E-state index >= 15 is 0 Å². The van der Waals surface area contributed by atoms with Crippen molar-refractivity contribution >= 4 is 16.6 Å². The van der Waals surface area contributed by atoms with Crippen molar-refractivity contribution in [2.75, 3.05) is 12.4 Å². The van der Waals surface area contributed by atoms with Gasteiger partial charge in [-0.1, -0.05) is 18.2 Å². The third-order valence-electron chi connectivity index (χ3n) is 3.88. The number of nitrogens with one attached hydrogen (secondary N) is 1. The lowest BCUT2D eigenvalue weighted by Crippen LogP contribution is -2.00. The van der Waals surface area contributed by atoms with Gasteiger partial charge in [0, 0.05) is 36.4 Å². The second-order valence-corrected chi connectivity index (χ2v) is 5.32. The topological polar surface area (TPSA) is 26.2 Å². The highest BCUT2D eigenvalue weighted by Gasteiger charge is 2.06. The van der Waals surface area contributed by atoms with Gasteiger partial charge < -0.3 is 14.6 Å². The van der Waals surface area contributed by atoms with Crippen molar-refractivity contribution in [3.63, 3.8) is 0 Å². The summed E-state index contributed by atoms with van der Waals surface area (Å²) in [5.41, 5.74) is 4.90. The highest BCUT2D eigenvalue weighted by Crippen LogP contribution is 2.24. The number of hydrogen-bond acceptors (Lipinski definition) is 2. The second-order valence-electron chi connectivity index (χ2n) is 5.32. The number of nitrogens with zero attached hydrogens (tertiary/aromatic N) is 1. The molecule has 0 saturated carbocycles. The fourth-order valence-electron chi connectivity index (χ4n) is 2.72. The number of anilines is 1. The summed E-state index contributed by atoms with van der Waals surface area (Å²) in [5, 5.41) is 4.82. The number of benzene rings is 2. The summed E-state index contributed by atoms with van der Waals surface area (Å²) in [5.74, 6) is 0.892. The quantitative estimate of drug-likeness (QED) is 0.778. The summed E-state index contributed by atoms with van der Waals surface area (Å²) in [6.07, 6.45) is 2.19. The van der Waals surface area contributed by atoms with Crippen molar-refractivity contribution in [1.82, 2.24) is 4.57 Å². The van der Waals surface area contributed by atoms with Gasteiger partial charge in [0.15, 0.2) is 0 Å². The molecule has 1 N–H and O–H groups in total. The van der Waals surface area contributed by atoms with Gasteiger partial charge in [-0.2, -0.15) is 0 Å². The maximum absolute atomic E-state index is 5.24. The number of aromatic nitrogens is 1. The van der Waals surface area contributed by atoms with Gasteiger partial charge in [0.05, 0.1) is 7.11 Å². The predicted molar refractivity (Wildman–Crippen MR) is 88.0 cm³/mol. The van der Waals surface area contributed by atoms with Crippen LogP contribution in [-0.4, -0.2) is 11.7 Å². The van der Waals surface area contributed by atoms with E-state index in [1.54, 1.807) is 7.11 Å². The Morgan fingerprint density at radius 1 is 1.14 bits per heavy atom. The molecule has 1 heterocycles. The summed E-state index contributed by atoms with van der Waals surface area (Å²) >= 11 is 0. The molecule has 0 unspecified atom stereocenters. The minimum absolute atomic E-state index is 0.814. The SMILES string of the molecule is COc1ccc(NCc2cn(C)c3ccccc23)c(C)c1. The number of ether oxygens (including phenoxy) is 1. The van der Waals surface area contributed by atoms with E-state index in [0.717, 1.165) is 18.0 Å². The fourth-order valence-corrected chi connectivity index (χ4v) is 2.72. The van der Waals surface area contributed by atoms with Crippen LogP contribution in [-0.2, 0) is 13.6 Å². The minimum atomic E-state index is 0.814. The lowest BCUT2D eigenvalue weighted by molar-refractivity contribution is 0.414. The number of aryl methyl sites for hydroxylation is 2. The number of methoxy groups -OCH3 is 1. The van der Waals surface area contributed by atoms with E-state index in [1.165, 1.54) is 22.0 Å². The van der Waals surface area contributed by atoms with Crippen LogP contribution in [0.2, 0.25) is 0 Å². The molecule has 1 aromatic heterocycles. The van der Waals surface area contributed by atoms with Gasteiger partial charge in [-0.25, -0.2) is 0 Å². The molecule has 0 saturated heterocycles. The first-order valence-corrected chi connectivity index (χ1v) is 7.10. The molecule has 3 heteroatoms. The number of para-hydroxylation sites is 1. The third-order valence-corrected chi connectivity index (χ3v) is 3.88. The molecule has 3 aromatic rings. The van der Waals surface area contributed by atoms with Gasteiger partial charge in [0.25, 0.3) is 0 Å². The average molecular weight is 280 g/mol. The molecule has 0 aliphatic carbocycles. The molecule has 108 valence electrons. The number of hydrogen-bond donors (Lipinski definition) is 1. The predicted octanol–water partition coefficient (Wildman–Crippen LogP) is 4.11. The first-order valence-electron chi connectivity index (χ1n) is 7.10. The fraction of sp³-hybridized carbons (Fsp3) is 0.222. The van der Waals surface area contributed by atoms with Crippen molar-refractivity contribution < 1.29 is 4.74 Å². The molecule has 3 rings (SSSR count). The average Bonchev–Trinajstić information content (AvgIpc) is 2.83. The van der Waals surface area contributed by atoms with Crippen LogP contribution in [0, 0.1) is 6.92 Å². The first-order chi connectivity index (χ1) is 10.2. The zero-order valence-electron chi connectivity index (χ0n) is 12.7. The zero-order chi connectivity index (χ0) is 14.8. The van der Waals surface area contributed by atoms with Crippen LogP contribution < -0.4 is 10.1 Å². The van der Waals surface area contributed by atoms with Crippen molar-refractivity contribution in [3.8, 4) is 5.75 Å². The van der Waals surface area contributed by atoms with Gasteiger partial charge in [0.2, 0.25) is 0 Å². The van der Waals surface area contributed by atoms with E-state index < -0.39 is 0 Å². The molecule has 0 amide bonds. The van der Waals surface area contributed by atoms with E-state index in [9.17, 15) is 0 Å². The Labute approximate surface area is 125 Å². The highest BCUT2D eigenvalue weighted by molar-refractivity contribution is 5.84. The molecule has 0 aliphatic heterocycles. The number of rotatable bonds is 4. The Balaban J connectivity index is 1.84. The molecule has 0 bridgehead atoms. The molecule has 0 spiro atoms. The molecular formula is C18H20N2O. The van der Waals surface area contributed by atoms with Gasteiger partial charge in [-0.05, 0) is 42.3 Å². The standard InChI is InChI=1S/C18H20N2O/c1-13-10-15(21-3)8-9-17(13)19-11-14-12-20(2)18-7-5-4-6-16(14)18/h4-10,12,19H,11H2,1-3H3. The maximum atomic E-state index is 5.24. The molecule has 0 atom stereocenters. The van der Waals surface area contributed by atoms with E-state index in [-0.39, 0.29) is 0 Å². The highest BCUT2D eigenvalue weighted by atomic mass is 16.5. The molecule has 0 fully saturated rings. The Hall–Kier alpha value is -2.42. The largest absolute Gasteiger partial charge is 0.497 e. The van der Waals surface area contributed by atoms with Crippen LogP contribution in [0.25, 0.3) is 10.9 Å². The first kappa shape index (κ1) is 13.6. The summed E-state index contributed by atoms with van der Waals surface area (Å²) in [6, 6.07) is 14.6. The van der Waals surface area contributed by atoms with Crippen LogP contribution in [0.15, 0.2) is 48.7 Å². The van der Waals surface area contributed by atoms with Crippen LogP contribution in [0.5, 0.6) is 5.75 Å². The maximum Gasteiger partial charge on any atom is 0.119 e. The third kappa shape index (κ3) is 2.59. The van der Waals surface area contributed by atoms with Crippen molar-refractivity contribution in [2.24, 2.45) is 7.05 Å². The minimum Gasteiger partial charge on any atom is -0.497 e. The molecule has 21 heavy (non-hydrogen) atoms. The van der Waals surface area contributed by atoms with E-state index in [2.05, 4.69) is 60.4 Å². The second kappa shape index (κ2) is 5.52. The van der Waals surface area contributed by atoms with Crippen molar-refractivity contribution in [3.05, 3.63) is 59.8 Å². The van der Waals surface area contributed by atoms with Crippen molar-refractivity contribution in [1.29, 1.82) is 0 Å². The summed E-state index contributed by atoms with van der Waals surface area (Å²) in [6.45, 7) is 2.91. The lowest BCUT2D eigenvalue weighted by atomic mass is 10.1. The summed E-state index contributed by atoms with van der Waals surface area (Å²) in [7, 11) is 3.78. The molecule has 0 aliphatic rings. The van der Waals surface area contributed by atoms with E-state index in [4.69, 9.17) is 4.74 Å². The summed E-state index contributed by atoms with van der Waals surface area (Å²) in [4.78, 5) is 0. The van der Waals surface area contributed by atoms with Crippen LogP contribution in [0.1, 0.15) is 11.1 Å². The Morgan fingerprint density at radius 3 is 2.71 bits per heavy atom. The van der Waals surface area contributed by atoms with Gasteiger partial charge in [-0.3, -0.25) is 0 Å². The van der Waals surface area contributed by atoms with Crippen molar-refractivity contribution in [2.45, 2.75) is 13.5 Å². The molecule has 2 aromatic carbocycles. The van der Waals surface area contributed by atoms with Gasteiger partial charge in [0.1, 0.15) is 5.75 Å². The Bertz CT molecular complexity index is 774. The van der Waals surface area contributed by atoms with Gasteiger partial charge in [-0.15, -0.1) is 0 Å². The van der Waals surface area contributed by atoms with Crippen LogP contribution >= 0.6 is 0 Å². The Kier molecular flexibility index (Phi) is 3.57. The zero-order valence-corrected chi connectivity index (χ0v) is 12.7. The molecule has 0 radical (unpaired) electrons. The monoisotopic (exact) mass is 280 g/mol. The molecule has 3 nitrogen and oxygen atoms in total. The van der Waals surface area contributed by atoms with Gasteiger partial charge >= 0.3 is 0 Å². The van der Waals surface area contributed by atoms with E-state index in [1.807, 2.05) is 12.1 Å². The van der Waals surface area contributed by atoms with Crippen LogP contribution in [0.3, 0.4) is 0 Å². The Morgan fingerprint density at radius 2 is 1.95 bits per heavy atom. The lowest BCUT2D eigenvalue weighted by Gasteiger charge is -2.10. The van der Waals surface area contributed by atoms with Crippen LogP contribution in [0.4, 0.5) is 5.69 Å². The smallest absolute Gasteiger partial charge is 0.119 e. The van der Waals surface area contributed by atoms with E-state index in [0.29, 0.717) is 0 Å². The molecular weight excluding hydrogens is 260 g/mol.